The van der Waals surface area contributed by atoms with Crippen LogP contribution in [0.2, 0.25) is 0 Å². The Bertz CT molecular complexity index is 906. The molecular weight excluding hydrogens is 324 g/mol. The fourth-order valence-electron chi connectivity index (χ4n) is 2.02. The second-order valence-corrected chi connectivity index (χ2v) is 4.80. The van der Waals surface area contributed by atoms with Crippen molar-refractivity contribution in [1.82, 2.24) is 9.97 Å². The monoisotopic (exact) mass is 334 g/mol. The molecular formula is C16H10F4N4. The highest BCUT2D eigenvalue weighted by atomic mass is 19.4. The summed E-state index contributed by atoms with van der Waals surface area (Å²) < 4.78 is 52.9. The minimum Gasteiger partial charge on any atom is -0.260 e. The third-order valence-electron chi connectivity index (χ3n) is 3.12. The van der Waals surface area contributed by atoms with Crippen LogP contribution in [0.15, 0.2) is 53.6 Å². The van der Waals surface area contributed by atoms with E-state index in [9.17, 15) is 17.6 Å². The van der Waals surface area contributed by atoms with Crippen LogP contribution in [0, 0.1) is 5.82 Å². The number of aromatic nitrogens is 2. The molecule has 0 aliphatic carbocycles. The lowest BCUT2D eigenvalue weighted by atomic mass is 10.2. The maximum atomic E-state index is 13.5. The van der Waals surface area contributed by atoms with E-state index in [1.165, 1.54) is 30.3 Å². The third-order valence-corrected chi connectivity index (χ3v) is 3.12. The Kier molecular flexibility index (Phi) is 4.11. The Labute approximate surface area is 133 Å². The van der Waals surface area contributed by atoms with Crippen molar-refractivity contribution in [3.8, 4) is 0 Å². The number of halogens is 4. The second-order valence-electron chi connectivity index (χ2n) is 4.80. The maximum Gasteiger partial charge on any atom is 0.437 e. The summed E-state index contributed by atoms with van der Waals surface area (Å²) in [5, 5.41) is 3.64. The van der Waals surface area contributed by atoms with Gasteiger partial charge in [0.2, 0.25) is 0 Å². The van der Waals surface area contributed by atoms with Crippen LogP contribution in [0.1, 0.15) is 11.3 Å². The van der Waals surface area contributed by atoms with Crippen molar-refractivity contribution < 1.29 is 17.6 Å². The van der Waals surface area contributed by atoms with Crippen molar-refractivity contribution in [3.05, 3.63) is 65.6 Å². The van der Waals surface area contributed by atoms with Crippen molar-refractivity contribution in [1.29, 1.82) is 0 Å². The molecule has 0 spiro atoms. The zero-order valence-electron chi connectivity index (χ0n) is 12.0. The fraction of sp³-hybridized carbons (Fsp3) is 0.0625. The molecule has 0 unspecified atom stereocenters. The topological polar surface area (TPSA) is 50.2 Å². The van der Waals surface area contributed by atoms with Gasteiger partial charge in [-0.05, 0) is 18.2 Å². The van der Waals surface area contributed by atoms with Gasteiger partial charge in [-0.15, -0.1) is 0 Å². The summed E-state index contributed by atoms with van der Waals surface area (Å²) in [6.07, 6.45) is -3.63. The van der Waals surface area contributed by atoms with Crippen molar-refractivity contribution in [2.24, 2.45) is 5.10 Å². The summed E-state index contributed by atoms with van der Waals surface area (Å²) >= 11 is 0. The number of hydrogen-bond donors (Lipinski definition) is 1. The number of hydrazone groups is 1. The zero-order chi connectivity index (χ0) is 17.2. The average Bonchev–Trinajstić information content (AvgIpc) is 2.55. The number of nitrogens with one attached hydrogen (secondary N) is 1. The van der Waals surface area contributed by atoms with Crippen LogP contribution in [0.3, 0.4) is 0 Å². The molecule has 1 N–H and O–H groups in total. The van der Waals surface area contributed by atoms with Crippen molar-refractivity contribution in [2.75, 3.05) is 5.43 Å². The third kappa shape index (κ3) is 3.32. The van der Waals surface area contributed by atoms with Crippen LogP contribution in [0.25, 0.3) is 11.0 Å². The number of fused-ring (bicyclic) bond motifs is 1. The quantitative estimate of drug-likeness (QED) is 0.443. The Balaban J connectivity index is 1.97. The van der Waals surface area contributed by atoms with E-state index in [0.29, 0.717) is 0 Å². The number of alkyl halides is 3. The molecule has 0 fully saturated rings. The number of anilines is 1. The van der Waals surface area contributed by atoms with Crippen LogP contribution < -0.4 is 5.43 Å². The fourth-order valence-corrected chi connectivity index (χ4v) is 2.02. The van der Waals surface area contributed by atoms with E-state index >= 15 is 0 Å². The molecule has 3 aromatic rings. The summed E-state index contributed by atoms with van der Waals surface area (Å²) in [7, 11) is 0. The molecule has 0 amide bonds. The Morgan fingerprint density at radius 3 is 2.21 bits per heavy atom. The first-order valence-electron chi connectivity index (χ1n) is 6.83. The van der Waals surface area contributed by atoms with Gasteiger partial charge < -0.3 is 0 Å². The lowest BCUT2D eigenvalue weighted by Crippen LogP contribution is -2.13. The van der Waals surface area contributed by atoms with Gasteiger partial charge in [0.25, 0.3) is 0 Å². The van der Waals surface area contributed by atoms with Crippen molar-refractivity contribution in [2.45, 2.75) is 6.18 Å². The lowest BCUT2D eigenvalue weighted by Gasteiger charge is -2.11. The first-order valence-corrected chi connectivity index (χ1v) is 6.83. The average molecular weight is 334 g/mol. The van der Waals surface area contributed by atoms with E-state index < -0.39 is 23.5 Å². The van der Waals surface area contributed by atoms with E-state index in [0.717, 1.165) is 6.21 Å². The molecule has 24 heavy (non-hydrogen) atoms. The van der Waals surface area contributed by atoms with Gasteiger partial charge in [0.1, 0.15) is 5.82 Å². The number of rotatable bonds is 3. The van der Waals surface area contributed by atoms with Gasteiger partial charge in [-0.2, -0.15) is 18.3 Å². The number of nitrogens with zero attached hydrogens (tertiary/aromatic N) is 3. The molecule has 0 saturated carbocycles. The highest BCUT2D eigenvalue weighted by Gasteiger charge is 2.37. The van der Waals surface area contributed by atoms with Crippen molar-refractivity contribution >= 4 is 23.1 Å². The first-order chi connectivity index (χ1) is 11.4. The number of hydrogen-bond acceptors (Lipinski definition) is 4. The van der Waals surface area contributed by atoms with Gasteiger partial charge in [0, 0.05) is 5.56 Å². The van der Waals surface area contributed by atoms with Gasteiger partial charge in [-0.25, -0.2) is 14.4 Å². The molecule has 3 rings (SSSR count). The van der Waals surface area contributed by atoms with E-state index in [4.69, 9.17) is 0 Å². The predicted molar refractivity (Wildman–Crippen MR) is 82.2 cm³/mol. The van der Waals surface area contributed by atoms with Crippen LogP contribution in [-0.4, -0.2) is 16.2 Å². The SMILES string of the molecule is Fc1ccccc1C=NNc1nc2ccccc2nc1C(F)(F)F. The smallest absolute Gasteiger partial charge is 0.260 e. The molecule has 1 aromatic heterocycles. The standard InChI is InChI=1S/C16H10F4N4/c17-11-6-2-1-5-10(11)9-21-24-15-14(16(18,19)20)22-12-7-3-4-8-13(12)23-15/h1-9H,(H,23,24). The summed E-state index contributed by atoms with van der Waals surface area (Å²) in [5.41, 5.74) is 1.55. The van der Waals surface area contributed by atoms with Crippen LogP contribution in [0.5, 0.6) is 0 Å². The lowest BCUT2D eigenvalue weighted by molar-refractivity contribution is -0.140. The molecule has 0 radical (unpaired) electrons. The maximum absolute atomic E-state index is 13.5. The van der Waals surface area contributed by atoms with Crippen LogP contribution in [0.4, 0.5) is 23.4 Å². The van der Waals surface area contributed by atoms with Crippen LogP contribution in [-0.2, 0) is 6.18 Å². The molecule has 122 valence electrons. The molecule has 2 aromatic carbocycles. The largest absolute Gasteiger partial charge is 0.437 e. The minimum atomic E-state index is -4.70. The van der Waals surface area contributed by atoms with Crippen LogP contribution >= 0.6 is 0 Å². The molecule has 0 aliphatic rings. The number of para-hydroxylation sites is 2. The highest BCUT2D eigenvalue weighted by Crippen LogP contribution is 2.33. The van der Waals surface area contributed by atoms with E-state index in [-0.39, 0.29) is 16.6 Å². The van der Waals surface area contributed by atoms with Gasteiger partial charge >= 0.3 is 6.18 Å². The Morgan fingerprint density at radius 1 is 0.917 bits per heavy atom. The summed E-state index contributed by atoms with van der Waals surface area (Å²) in [6.45, 7) is 0. The van der Waals surface area contributed by atoms with Crippen molar-refractivity contribution in [3.63, 3.8) is 0 Å². The van der Waals surface area contributed by atoms with E-state index in [2.05, 4.69) is 20.5 Å². The molecule has 0 saturated heterocycles. The molecule has 0 bridgehead atoms. The van der Waals surface area contributed by atoms with E-state index in [1.807, 2.05) is 0 Å². The second kappa shape index (κ2) is 6.23. The molecule has 1 heterocycles. The normalized spacial score (nSPS) is 12.0. The van der Waals surface area contributed by atoms with E-state index in [1.54, 1.807) is 18.2 Å². The summed E-state index contributed by atoms with van der Waals surface area (Å²) in [6, 6.07) is 11.9. The zero-order valence-corrected chi connectivity index (χ0v) is 12.0. The molecule has 8 heteroatoms. The minimum absolute atomic E-state index is 0.119. The molecule has 4 nitrogen and oxygen atoms in total. The highest BCUT2D eigenvalue weighted by molar-refractivity contribution is 5.81. The van der Waals surface area contributed by atoms with Gasteiger partial charge in [0.15, 0.2) is 11.5 Å². The van der Waals surface area contributed by atoms with Gasteiger partial charge in [-0.1, -0.05) is 30.3 Å². The first kappa shape index (κ1) is 15.9. The predicted octanol–water partition coefficient (Wildman–Crippen LogP) is 4.23. The Hall–Kier alpha value is -3.03. The number of benzene rings is 2. The summed E-state index contributed by atoms with van der Waals surface area (Å²) in [4.78, 5) is 7.49. The van der Waals surface area contributed by atoms with Gasteiger partial charge in [-0.3, -0.25) is 5.43 Å². The molecule has 0 atom stereocenters. The molecule has 0 aliphatic heterocycles. The summed E-state index contributed by atoms with van der Waals surface area (Å²) in [5.74, 6) is -1.09. The van der Waals surface area contributed by atoms with Gasteiger partial charge in [0.05, 0.1) is 17.2 Å². The Morgan fingerprint density at radius 2 is 1.54 bits per heavy atom.